The van der Waals surface area contributed by atoms with Crippen LogP contribution in [0.5, 0.6) is 0 Å². The molecule has 3 aromatic rings. The van der Waals surface area contributed by atoms with E-state index in [1.54, 1.807) is 30.1 Å². The number of carbonyl (C=O) groups excluding carboxylic acids is 3. The first-order chi connectivity index (χ1) is 17.3. The normalized spacial score (nSPS) is 18.2. The van der Waals surface area contributed by atoms with E-state index in [9.17, 15) is 19.5 Å². The van der Waals surface area contributed by atoms with Gasteiger partial charge in [-0.3, -0.25) is 19.3 Å². The zero-order valence-corrected chi connectivity index (χ0v) is 21.3. The summed E-state index contributed by atoms with van der Waals surface area (Å²) in [6, 6.07) is 18.2. The Balaban J connectivity index is 1.64. The van der Waals surface area contributed by atoms with Crippen molar-refractivity contribution in [2.24, 2.45) is 5.92 Å². The molecule has 0 saturated carbocycles. The zero-order valence-electron chi connectivity index (χ0n) is 20.5. The third kappa shape index (κ3) is 4.03. The fourth-order valence-electron chi connectivity index (χ4n) is 4.97. The zero-order chi connectivity index (χ0) is 25.6. The van der Waals surface area contributed by atoms with Gasteiger partial charge in [-0.25, -0.2) is 0 Å². The number of rotatable bonds is 6. The number of Topliss-reactive ketones (excluding diaryl/α,β-unsaturated/α-hetero) is 1. The van der Waals surface area contributed by atoms with E-state index >= 15 is 0 Å². The molecule has 6 nitrogen and oxygen atoms in total. The van der Waals surface area contributed by atoms with E-state index < -0.39 is 23.6 Å². The van der Waals surface area contributed by atoms with Crippen LogP contribution >= 0.6 is 11.3 Å². The number of anilines is 2. The summed E-state index contributed by atoms with van der Waals surface area (Å²) in [6.07, 6.45) is 1.22. The number of thiophene rings is 1. The van der Waals surface area contributed by atoms with Gasteiger partial charge >= 0.3 is 0 Å². The number of aryl methyl sites for hydroxylation is 1. The number of benzene rings is 2. The van der Waals surface area contributed by atoms with Gasteiger partial charge in [0.15, 0.2) is 11.5 Å². The molecule has 2 aromatic carbocycles. The van der Waals surface area contributed by atoms with Crippen LogP contribution in [0.1, 0.15) is 43.2 Å². The quantitative estimate of drug-likeness (QED) is 0.452. The molecule has 1 fully saturated rings. The number of carbonyl (C=O) groups is 3. The number of nitrogens with zero attached hydrogens (tertiary/aromatic N) is 2. The van der Waals surface area contributed by atoms with E-state index in [0.29, 0.717) is 29.9 Å². The Morgan fingerprint density at radius 2 is 1.75 bits per heavy atom. The third-order valence-electron chi connectivity index (χ3n) is 6.76. The molecule has 1 unspecified atom stereocenters. The van der Waals surface area contributed by atoms with Gasteiger partial charge in [0.25, 0.3) is 5.91 Å². The van der Waals surface area contributed by atoms with E-state index in [2.05, 4.69) is 19.1 Å². The predicted molar refractivity (Wildman–Crippen MR) is 142 cm³/mol. The van der Waals surface area contributed by atoms with Crippen molar-refractivity contribution in [3.05, 3.63) is 82.4 Å². The summed E-state index contributed by atoms with van der Waals surface area (Å²) in [5, 5.41) is 11.0. The molecule has 2 amide bonds. The lowest BCUT2D eigenvalue weighted by Crippen LogP contribution is -2.33. The molecule has 0 radical (unpaired) electrons. The number of amides is 2. The summed E-state index contributed by atoms with van der Waals surface area (Å²) in [7, 11) is 0. The fraction of sp³-hybridized carbons (Fsp3) is 0.276. The minimum absolute atomic E-state index is 0.0128. The minimum Gasteiger partial charge on any atom is -0.503 e. The van der Waals surface area contributed by atoms with Gasteiger partial charge in [0.2, 0.25) is 5.91 Å². The van der Waals surface area contributed by atoms with Crippen molar-refractivity contribution in [3.8, 4) is 10.4 Å². The van der Waals surface area contributed by atoms with Gasteiger partial charge in [0.1, 0.15) is 0 Å². The van der Waals surface area contributed by atoms with Crippen molar-refractivity contribution in [1.29, 1.82) is 0 Å². The second-order valence-electron chi connectivity index (χ2n) is 9.52. The van der Waals surface area contributed by atoms with E-state index in [-0.39, 0.29) is 17.3 Å². The first kappa shape index (κ1) is 24.0. The van der Waals surface area contributed by atoms with Crippen molar-refractivity contribution in [1.82, 2.24) is 0 Å². The second-order valence-corrected chi connectivity index (χ2v) is 10.8. The molecule has 7 heteroatoms. The van der Waals surface area contributed by atoms with Gasteiger partial charge in [-0.2, -0.15) is 0 Å². The topological polar surface area (TPSA) is 77.9 Å². The van der Waals surface area contributed by atoms with Crippen molar-refractivity contribution in [2.75, 3.05) is 16.3 Å². The number of aliphatic hydroxyl groups is 1. The number of hydrogen-bond acceptors (Lipinski definition) is 5. The summed E-state index contributed by atoms with van der Waals surface area (Å²) >= 11 is 1.69. The molecule has 0 spiro atoms. The molecule has 1 atom stereocenters. The number of para-hydroxylation sites is 1. The van der Waals surface area contributed by atoms with Gasteiger partial charge in [0.05, 0.1) is 11.6 Å². The lowest BCUT2D eigenvalue weighted by Gasteiger charge is -2.31. The number of hydrogen-bond donors (Lipinski definition) is 1. The summed E-state index contributed by atoms with van der Waals surface area (Å²) < 4.78 is 0. The maximum absolute atomic E-state index is 13.5. The van der Waals surface area contributed by atoms with Crippen molar-refractivity contribution in [2.45, 2.75) is 39.7 Å². The Morgan fingerprint density at radius 1 is 1.03 bits per heavy atom. The lowest BCUT2D eigenvalue weighted by molar-refractivity contribution is -0.119. The van der Waals surface area contributed by atoms with Crippen LogP contribution in [0.3, 0.4) is 0 Å². The first-order valence-corrected chi connectivity index (χ1v) is 13.0. The van der Waals surface area contributed by atoms with Crippen LogP contribution in [0.15, 0.2) is 72.0 Å². The third-order valence-corrected chi connectivity index (χ3v) is 7.81. The van der Waals surface area contributed by atoms with Crippen LogP contribution in [0.4, 0.5) is 11.4 Å². The summed E-state index contributed by atoms with van der Waals surface area (Å²) in [4.78, 5) is 45.0. The molecule has 5 rings (SSSR count). The summed E-state index contributed by atoms with van der Waals surface area (Å²) in [5.74, 6) is -1.84. The Hall–Kier alpha value is -3.71. The number of ketones is 1. The number of aliphatic hydroxyl groups excluding tert-OH is 1. The van der Waals surface area contributed by atoms with E-state index in [4.69, 9.17) is 0 Å². The summed E-state index contributed by atoms with van der Waals surface area (Å²) in [5.41, 5.74) is 2.98. The molecule has 1 aromatic heterocycles. The predicted octanol–water partition coefficient (Wildman–Crippen LogP) is 5.98. The van der Waals surface area contributed by atoms with Gasteiger partial charge in [-0.1, -0.05) is 44.2 Å². The molecule has 0 bridgehead atoms. The Bertz CT molecular complexity index is 1390. The van der Waals surface area contributed by atoms with E-state index in [1.165, 1.54) is 9.78 Å². The van der Waals surface area contributed by atoms with Crippen LogP contribution in [0, 0.1) is 12.8 Å². The largest absolute Gasteiger partial charge is 0.503 e. The maximum atomic E-state index is 13.5. The van der Waals surface area contributed by atoms with Crippen molar-refractivity contribution in [3.63, 3.8) is 0 Å². The highest BCUT2D eigenvalue weighted by molar-refractivity contribution is 7.15. The average molecular weight is 501 g/mol. The lowest BCUT2D eigenvalue weighted by atomic mass is 9.90. The molecule has 3 heterocycles. The molecular formula is C29H28N2O4S. The highest BCUT2D eigenvalue weighted by atomic mass is 32.1. The smallest absolute Gasteiger partial charge is 0.294 e. The fourth-order valence-corrected chi connectivity index (χ4v) is 5.84. The molecular weight excluding hydrogens is 472 g/mol. The highest BCUT2D eigenvalue weighted by Gasteiger charge is 2.46. The summed E-state index contributed by atoms with van der Waals surface area (Å²) in [6.45, 7) is 6.13. The standard InChI is InChI=1S/C29H28N2O4S/c1-17(2)27(33)25-26(21-7-4-5-8-22(21)30-16-6-9-24(30)32)31(29(35)28(25)34)20-13-11-19(12-14-20)23-15-10-18(3)36-23/h4-5,7-8,10-15,17,26,34H,6,9,16H2,1-3H3. The molecule has 1 saturated heterocycles. The first-order valence-electron chi connectivity index (χ1n) is 12.1. The second kappa shape index (κ2) is 9.39. The van der Waals surface area contributed by atoms with Gasteiger partial charge < -0.3 is 10.0 Å². The van der Waals surface area contributed by atoms with E-state index in [0.717, 1.165) is 16.9 Å². The van der Waals surface area contributed by atoms with Crippen LogP contribution in [-0.2, 0) is 14.4 Å². The Labute approximate surface area is 214 Å². The van der Waals surface area contributed by atoms with E-state index in [1.807, 2.05) is 48.5 Å². The molecule has 2 aliphatic rings. The van der Waals surface area contributed by atoms with Crippen molar-refractivity contribution < 1.29 is 19.5 Å². The molecule has 36 heavy (non-hydrogen) atoms. The monoisotopic (exact) mass is 500 g/mol. The molecule has 0 aliphatic carbocycles. The van der Waals surface area contributed by atoms with Crippen LogP contribution in [0.25, 0.3) is 10.4 Å². The SMILES string of the molecule is Cc1ccc(-c2ccc(N3C(=O)C(O)=C(C(=O)C(C)C)C3c3ccccc3N3CCCC3=O)cc2)s1. The molecule has 2 aliphatic heterocycles. The van der Waals surface area contributed by atoms with Gasteiger partial charge in [-0.15, -0.1) is 11.3 Å². The van der Waals surface area contributed by atoms with Crippen LogP contribution in [0.2, 0.25) is 0 Å². The molecule has 184 valence electrons. The average Bonchev–Trinajstić information content (AvgIpc) is 3.57. The van der Waals surface area contributed by atoms with Crippen molar-refractivity contribution >= 4 is 40.3 Å². The molecule has 1 N–H and O–H groups in total. The Morgan fingerprint density at radius 3 is 2.36 bits per heavy atom. The maximum Gasteiger partial charge on any atom is 0.294 e. The highest BCUT2D eigenvalue weighted by Crippen LogP contribution is 2.45. The van der Waals surface area contributed by atoms with Crippen LogP contribution in [-0.4, -0.2) is 29.2 Å². The van der Waals surface area contributed by atoms with Gasteiger partial charge in [-0.05, 0) is 49.2 Å². The Kier molecular flexibility index (Phi) is 6.26. The van der Waals surface area contributed by atoms with Crippen LogP contribution < -0.4 is 9.80 Å². The minimum atomic E-state index is -0.841. The van der Waals surface area contributed by atoms with Gasteiger partial charge in [0, 0.05) is 45.6 Å².